The molecule has 0 rings (SSSR count). The summed E-state index contributed by atoms with van der Waals surface area (Å²) in [6, 6.07) is -0.248. The van der Waals surface area contributed by atoms with E-state index in [4.69, 9.17) is 0 Å². The van der Waals surface area contributed by atoms with E-state index in [1.807, 2.05) is 39.5 Å². The van der Waals surface area contributed by atoms with Gasteiger partial charge in [0, 0.05) is 18.6 Å². The van der Waals surface area contributed by atoms with Gasteiger partial charge in [0.2, 0.25) is 5.91 Å². The molecule has 17 heavy (non-hydrogen) atoms. The Bertz CT molecular complexity index is 215. The fraction of sp³-hybridized carbons (Fsp3) is 0.923. The molecule has 1 unspecified atom stereocenters. The standard InChI is InChI=1S/C13H28N2O2/c1-6-13(7-2,10-16)14-11(5)12(17)15(8-3)9-4/h11,14,16H,6-10H2,1-5H3. The fourth-order valence-corrected chi connectivity index (χ4v) is 2.05. The van der Waals surface area contributed by atoms with Crippen molar-refractivity contribution >= 4 is 5.91 Å². The summed E-state index contributed by atoms with van der Waals surface area (Å²) in [5, 5.41) is 12.8. The van der Waals surface area contributed by atoms with Crippen LogP contribution in [-0.4, -0.2) is 47.2 Å². The van der Waals surface area contributed by atoms with Crippen LogP contribution < -0.4 is 5.32 Å². The number of nitrogens with one attached hydrogen (secondary N) is 1. The van der Waals surface area contributed by atoms with E-state index in [2.05, 4.69) is 5.32 Å². The lowest BCUT2D eigenvalue weighted by molar-refractivity contribution is -0.133. The van der Waals surface area contributed by atoms with Crippen LogP contribution in [0.15, 0.2) is 0 Å². The summed E-state index contributed by atoms with van der Waals surface area (Å²) >= 11 is 0. The zero-order chi connectivity index (χ0) is 13.5. The molecule has 102 valence electrons. The second kappa shape index (κ2) is 7.67. The monoisotopic (exact) mass is 244 g/mol. The molecule has 0 fully saturated rings. The van der Waals surface area contributed by atoms with Gasteiger partial charge in [-0.1, -0.05) is 13.8 Å². The molecule has 0 radical (unpaired) electrons. The van der Waals surface area contributed by atoms with Crippen LogP contribution in [0.3, 0.4) is 0 Å². The van der Waals surface area contributed by atoms with Gasteiger partial charge < -0.3 is 10.0 Å². The molecule has 0 spiro atoms. The summed E-state index contributed by atoms with van der Waals surface area (Å²) in [6.45, 7) is 11.4. The second-order valence-corrected chi connectivity index (χ2v) is 4.52. The predicted octanol–water partition coefficient (Wildman–Crippen LogP) is 1.38. The molecule has 0 aliphatic rings. The highest BCUT2D eigenvalue weighted by molar-refractivity contribution is 5.81. The first-order chi connectivity index (χ1) is 8.00. The third-order valence-electron chi connectivity index (χ3n) is 3.62. The largest absolute Gasteiger partial charge is 0.394 e. The average Bonchev–Trinajstić information content (AvgIpc) is 2.37. The molecule has 0 heterocycles. The normalized spacial score (nSPS) is 13.5. The molecule has 0 saturated heterocycles. The van der Waals surface area contributed by atoms with Gasteiger partial charge in [0.1, 0.15) is 0 Å². The van der Waals surface area contributed by atoms with Crippen LogP contribution >= 0.6 is 0 Å². The Labute approximate surface area is 105 Å². The van der Waals surface area contributed by atoms with Crippen molar-refractivity contribution in [1.82, 2.24) is 10.2 Å². The number of carbonyl (C=O) groups is 1. The van der Waals surface area contributed by atoms with Gasteiger partial charge in [-0.25, -0.2) is 0 Å². The number of hydrogen-bond acceptors (Lipinski definition) is 3. The van der Waals surface area contributed by atoms with Gasteiger partial charge in [0.15, 0.2) is 0 Å². The number of aliphatic hydroxyl groups excluding tert-OH is 1. The van der Waals surface area contributed by atoms with E-state index in [1.165, 1.54) is 0 Å². The highest BCUT2D eigenvalue weighted by atomic mass is 16.3. The molecule has 0 aromatic rings. The van der Waals surface area contributed by atoms with Crippen LogP contribution in [0.4, 0.5) is 0 Å². The van der Waals surface area contributed by atoms with Gasteiger partial charge in [-0.2, -0.15) is 0 Å². The zero-order valence-electron chi connectivity index (χ0n) is 11.9. The molecule has 0 bridgehead atoms. The second-order valence-electron chi connectivity index (χ2n) is 4.52. The number of nitrogens with zero attached hydrogens (tertiary/aromatic N) is 1. The molecule has 4 heteroatoms. The zero-order valence-corrected chi connectivity index (χ0v) is 11.9. The number of rotatable bonds is 8. The minimum Gasteiger partial charge on any atom is -0.394 e. The lowest BCUT2D eigenvalue weighted by Gasteiger charge is -2.35. The predicted molar refractivity (Wildman–Crippen MR) is 70.9 cm³/mol. The molecular weight excluding hydrogens is 216 g/mol. The summed E-state index contributed by atoms with van der Waals surface area (Å²) in [6.07, 6.45) is 1.63. The number of hydrogen-bond donors (Lipinski definition) is 2. The van der Waals surface area contributed by atoms with Crippen molar-refractivity contribution in [2.75, 3.05) is 19.7 Å². The van der Waals surface area contributed by atoms with E-state index in [0.717, 1.165) is 25.9 Å². The molecule has 0 aliphatic carbocycles. The molecule has 0 aromatic heterocycles. The molecule has 1 amide bonds. The third-order valence-corrected chi connectivity index (χ3v) is 3.62. The molecule has 2 N–H and O–H groups in total. The van der Waals surface area contributed by atoms with E-state index < -0.39 is 0 Å². The first kappa shape index (κ1) is 16.4. The Balaban J connectivity index is 4.60. The van der Waals surface area contributed by atoms with Crippen LogP contribution in [-0.2, 0) is 4.79 Å². The first-order valence-corrected chi connectivity index (χ1v) is 6.67. The lowest BCUT2D eigenvalue weighted by Crippen LogP contribution is -2.56. The molecule has 1 atom stereocenters. The van der Waals surface area contributed by atoms with Crippen molar-refractivity contribution in [2.24, 2.45) is 0 Å². The maximum atomic E-state index is 12.1. The van der Waals surface area contributed by atoms with Gasteiger partial charge >= 0.3 is 0 Å². The van der Waals surface area contributed by atoms with Gasteiger partial charge in [-0.15, -0.1) is 0 Å². The van der Waals surface area contributed by atoms with Crippen molar-refractivity contribution in [3.05, 3.63) is 0 Å². The van der Waals surface area contributed by atoms with Gasteiger partial charge in [0.05, 0.1) is 12.6 Å². The highest BCUT2D eigenvalue weighted by Crippen LogP contribution is 2.15. The quantitative estimate of drug-likeness (QED) is 0.678. The molecule has 0 aliphatic heterocycles. The molecular formula is C13H28N2O2. The molecule has 4 nitrogen and oxygen atoms in total. The van der Waals surface area contributed by atoms with Crippen LogP contribution in [0.1, 0.15) is 47.5 Å². The van der Waals surface area contributed by atoms with Crippen molar-refractivity contribution in [2.45, 2.75) is 59.0 Å². The van der Waals surface area contributed by atoms with Gasteiger partial charge in [0.25, 0.3) is 0 Å². The SMILES string of the molecule is CCN(CC)C(=O)C(C)NC(CC)(CC)CO. The van der Waals surface area contributed by atoms with Crippen LogP contribution in [0.2, 0.25) is 0 Å². The van der Waals surface area contributed by atoms with Crippen molar-refractivity contribution < 1.29 is 9.90 Å². The number of likely N-dealkylation sites (N-methyl/N-ethyl adjacent to an activating group) is 1. The highest BCUT2D eigenvalue weighted by Gasteiger charge is 2.30. The summed E-state index contributed by atoms with van der Waals surface area (Å²) in [5.74, 6) is 0.106. The number of aliphatic hydroxyl groups is 1. The molecule has 0 aromatic carbocycles. The van der Waals surface area contributed by atoms with Gasteiger partial charge in [-0.05, 0) is 33.6 Å². The van der Waals surface area contributed by atoms with E-state index in [1.54, 1.807) is 0 Å². The summed E-state index contributed by atoms with van der Waals surface area (Å²) < 4.78 is 0. The Kier molecular flexibility index (Phi) is 7.39. The smallest absolute Gasteiger partial charge is 0.239 e. The topological polar surface area (TPSA) is 52.6 Å². The lowest BCUT2D eigenvalue weighted by atomic mass is 9.92. The van der Waals surface area contributed by atoms with E-state index in [-0.39, 0.29) is 24.1 Å². The van der Waals surface area contributed by atoms with E-state index in [9.17, 15) is 9.90 Å². The third kappa shape index (κ3) is 4.28. The van der Waals surface area contributed by atoms with Crippen LogP contribution in [0.5, 0.6) is 0 Å². The summed E-state index contributed by atoms with van der Waals surface area (Å²) in [7, 11) is 0. The first-order valence-electron chi connectivity index (χ1n) is 6.67. The summed E-state index contributed by atoms with van der Waals surface area (Å²) in [5.41, 5.74) is -0.331. The Morgan fingerprint density at radius 1 is 1.24 bits per heavy atom. The minimum absolute atomic E-state index is 0.0653. The number of carbonyl (C=O) groups excluding carboxylic acids is 1. The van der Waals surface area contributed by atoms with Gasteiger partial charge in [-0.3, -0.25) is 10.1 Å². The van der Waals surface area contributed by atoms with Crippen molar-refractivity contribution in [3.8, 4) is 0 Å². The Morgan fingerprint density at radius 2 is 1.71 bits per heavy atom. The maximum absolute atomic E-state index is 12.1. The summed E-state index contributed by atoms with van der Waals surface area (Å²) in [4.78, 5) is 13.9. The van der Waals surface area contributed by atoms with Crippen molar-refractivity contribution in [1.29, 1.82) is 0 Å². The van der Waals surface area contributed by atoms with Crippen LogP contribution in [0.25, 0.3) is 0 Å². The van der Waals surface area contributed by atoms with Crippen molar-refractivity contribution in [3.63, 3.8) is 0 Å². The molecule has 0 saturated carbocycles. The Morgan fingerprint density at radius 3 is 2.00 bits per heavy atom. The minimum atomic E-state index is -0.331. The van der Waals surface area contributed by atoms with Crippen LogP contribution in [0, 0.1) is 0 Å². The van der Waals surface area contributed by atoms with E-state index >= 15 is 0 Å². The average molecular weight is 244 g/mol. The maximum Gasteiger partial charge on any atom is 0.239 e. The van der Waals surface area contributed by atoms with E-state index in [0.29, 0.717) is 0 Å². The number of amides is 1. The Hall–Kier alpha value is -0.610. The fourth-order valence-electron chi connectivity index (χ4n) is 2.05.